The van der Waals surface area contributed by atoms with Gasteiger partial charge in [-0.15, -0.1) is 0 Å². The number of nitrogens with one attached hydrogen (secondary N) is 3. The number of imide groups is 1. The standard InChI is InChI=1S/C42H51FN12O5/c1-24(2)55-39-27(19-33(41(55)59)60-23-35(57)44-4)18-28(20-45-39)47-38-31(43)21-46-42(49-38)53-15-13-52(14-16-53)22-26-11-12-54(25(3)17-26)32-8-6-7-29-36(50-51(5)37(29)32)30-9-10-34(56)48-40(30)58/h6-8,18-21,24-26,30H,9-17,22-23H2,1-5H3,(H,44,57)(H,46,47,49)(H,48,56,58). The summed E-state index contributed by atoms with van der Waals surface area (Å²) < 4.78 is 24.1. The van der Waals surface area contributed by atoms with Gasteiger partial charge in [0.25, 0.3) is 11.5 Å². The first-order valence-electron chi connectivity index (χ1n) is 20.6. The number of aryl methyl sites for hydroxylation is 1. The zero-order chi connectivity index (χ0) is 42.2. The van der Waals surface area contributed by atoms with E-state index in [0.717, 1.165) is 61.3 Å². The van der Waals surface area contributed by atoms with Crippen molar-refractivity contribution in [2.45, 2.75) is 64.5 Å². The van der Waals surface area contributed by atoms with Crippen LogP contribution in [0.2, 0.25) is 0 Å². The van der Waals surface area contributed by atoms with Gasteiger partial charge < -0.3 is 25.2 Å². The number of aromatic nitrogens is 6. The number of carbonyl (C=O) groups excluding carboxylic acids is 3. The van der Waals surface area contributed by atoms with Crippen LogP contribution in [0, 0.1) is 11.7 Å². The fourth-order valence-electron chi connectivity index (χ4n) is 8.88. The molecule has 0 bridgehead atoms. The van der Waals surface area contributed by atoms with Crippen LogP contribution < -0.4 is 36.0 Å². The molecule has 3 unspecified atom stereocenters. The van der Waals surface area contributed by atoms with E-state index in [-0.39, 0.29) is 41.9 Å². The maximum absolute atomic E-state index is 15.2. The second-order valence-corrected chi connectivity index (χ2v) is 16.3. The number of para-hydroxylation sites is 1. The average molecular weight is 823 g/mol. The zero-order valence-corrected chi connectivity index (χ0v) is 34.6. The number of pyridine rings is 2. The Morgan fingerprint density at radius 3 is 2.58 bits per heavy atom. The van der Waals surface area contributed by atoms with Crippen molar-refractivity contribution in [3.63, 3.8) is 0 Å². The summed E-state index contributed by atoms with van der Waals surface area (Å²) in [4.78, 5) is 70.0. The number of anilines is 4. The number of nitrogens with zero attached hydrogens (tertiary/aromatic N) is 9. The Kier molecular flexibility index (Phi) is 11.4. The van der Waals surface area contributed by atoms with Gasteiger partial charge in [0.2, 0.25) is 17.8 Å². The molecule has 0 radical (unpaired) electrons. The van der Waals surface area contributed by atoms with Crippen LogP contribution in [-0.2, 0) is 21.4 Å². The summed E-state index contributed by atoms with van der Waals surface area (Å²) in [5, 5.41) is 14.3. The molecule has 0 saturated carbocycles. The average Bonchev–Trinajstić information content (AvgIpc) is 3.57. The molecule has 60 heavy (non-hydrogen) atoms. The highest BCUT2D eigenvalue weighted by Crippen LogP contribution is 2.38. The van der Waals surface area contributed by atoms with Crippen LogP contribution in [0.4, 0.5) is 27.5 Å². The van der Waals surface area contributed by atoms with Gasteiger partial charge in [-0.1, -0.05) is 12.1 Å². The predicted octanol–water partition coefficient (Wildman–Crippen LogP) is 3.61. The molecule has 3 fully saturated rings. The van der Waals surface area contributed by atoms with E-state index >= 15 is 4.39 Å². The van der Waals surface area contributed by atoms with Gasteiger partial charge in [0, 0.05) is 82.6 Å². The molecule has 18 heteroatoms. The SMILES string of the molecule is CNC(=O)COc1cc2cc(Nc3nc(N4CCN(CC5CCN(c6cccc7c(C8CCC(=O)NC8=O)nn(C)c67)C(C)C5)CC4)ncc3F)cnc2n(C(C)C)c1=O. The molecule has 5 aromatic rings. The van der Waals surface area contributed by atoms with Crippen molar-refractivity contribution >= 4 is 62.8 Å². The summed E-state index contributed by atoms with van der Waals surface area (Å²) >= 11 is 0. The number of ether oxygens (including phenoxy) is 1. The first-order chi connectivity index (χ1) is 28.9. The van der Waals surface area contributed by atoms with Crippen LogP contribution >= 0.6 is 0 Å². The van der Waals surface area contributed by atoms with Crippen molar-refractivity contribution in [2.75, 3.05) is 68.0 Å². The third kappa shape index (κ3) is 8.07. The first-order valence-corrected chi connectivity index (χ1v) is 20.6. The number of rotatable bonds is 11. The van der Waals surface area contributed by atoms with Gasteiger partial charge in [-0.05, 0) is 64.2 Å². The lowest BCUT2D eigenvalue weighted by atomic mass is 9.89. The second-order valence-electron chi connectivity index (χ2n) is 16.3. The summed E-state index contributed by atoms with van der Waals surface area (Å²) in [5.74, 6) is -0.977. The topological polar surface area (TPSA) is 185 Å². The molecule has 3 aliphatic rings. The van der Waals surface area contributed by atoms with Crippen LogP contribution in [0.5, 0.6) is 5.75 Å². The van der Waals surface area contributed by atoms with Crippen LogP contribution in [0.1, 0.15) is 64.1 Å². The summed E-state index contributed by atoms with van der Waals surface area (Å²) in [7, 11) is 3.41. The van der Waals surface area contributed by atoms with Crippen LogP contribution in [0.3, 0.4) is 0 Å². The normalized spacial score (nSPS) is 20.2. The van der Waals surface area contributed by atoms with E-state index in [4.69, 9.17) is 9.84 Å². The van der Waals surface area contributed by atoms with Crippen molar-refractivity contribution < 1.29 is 23.5 Å². The Labute approximate surface area is 346 Å². The monoisotopic (exact) mass is 822 g/mol. The zero-order valence-electron chi connectivity index (χ0n) is 34.6. The van der Waals surface area contributed by atoms with Crippen LogP contribution in [-0.4, -0.2) is 111 Å². The molecule has 3 saturated heterocycles. The maximum atomic E-state index is 15.2. The molecular weight excluding hydrogens is 772 g/mol. The smallest absolute Gasteiger partial charge is 0.294 e. The van der Waals surface area contributed by atoms with Gasteiger partial charge in [-0.25, -0.2) is 14.4 Å². The number of benzene rings is 1. The number of piperazine rings is 1. The number of likely N-dealkylation sites (N-methyl/N-ethyl adjacent to an activating group) is 1. The van der Waals surface area contributed by atoms with Gasteiger partial charge >= 0.3 is 0 Å². The van der Waals surface area contributed by atoms with Crippen molar-refractivity contribution in [3.05, 3.63) is 64.6 Å². The fourth-order valence-corrected chi connectivity index (χ4v) is 8.88. The predicted molar refractivity (Wildman–Crippen MR) is 225 cm³/mol. The fraction of sp³-hybridized carbons (Fsp3) is 0.476. The van der Waals surface area contributed by atoms with Crippen molar-refractivity contribution in [1.82, 2.24) is 44.8 Å². The van der Waals surface area contributed by atoms with E-state index in [2.05, 4.69) is 58.6 Å². The minimum Gasteiger partial charge on any atom is -0.478 e. The lowest BCUT2D eigenvalue weighted by Gasteiger charge is -2.42. The van der Waals surface area contributed by atoms with Gasteiger partial charge in [0.05, 0.1) is 40.9 Å². The minimum absolute atomic E-state index is 0.00612. The van der Waals surface area contributed by atoms with Gasteiger partial charge in [0.1, 0.15) is 5.65 Å². The molecule has 0 spiro atoms. The highest BCUT2D eigenvalue weighted by molar-refractivity contribution is 6.03. The van der Waals surface area contributed by atoms with E-state index in [1.165, 1.54) is 30.1 Å². The molecule has 316 valence electrons. The molecule has 3 amide bonds. The molecule has 3 aliphatic heterocycles. The molecule has 3 N–H and O–H groups in total. The summed E-state index contributed by atoms with van der Waals surface area (Å²) in [5.41, 5.74) is 3.33. The summed E-state index contributed by atoms with van der Waals surface area (Å²) in [6.07, 6.45) is 5.54. The van der Waals surface area contributed by atoms with Crippen molar-refractivity contribution in [3.8, 4) is 5.75 Å². The molecule has 4 aromatic heterocycles. The lowest BCUT2D eigenvalue weighted by Crippen LogP contribution is -2.50. The highest BCUT2D eigenvalue weighted by Gasteiger charge is 2.34. The largest absolute Gasteiger partial charge is 0.478 e. The molecule has 8 rings (SSSR count). The Hall–Kier alpha value is -6.17. The number of fused-ring (bicyclic) bond motifs is 2. The third-order valence-electron chi connectivity index (χ3n) is 11.9. The molecule has 3 atom stereocenters. The van der Waals surface area contributed by atoms with Crippen LogP contribution in [0.15, 0.2) is 47.5 Å². The highest BCUT2D eigenvalue weighted by atomic mass is 19.1. The molecule has 1 aromatic carbocycles. The van der Waals surface area contributed by atoms with E-state index < -0.39 is 17.3 Å². The van der Waals surface area contributed by atoms with Gasteiger partial charge in [-0.3, -0.25) is 38.6 Å². The number of piperidine rings is 2. The van der Waals surface area contributed by atoms with Gasteiger partial charge in [-0.2, -0.15) is 10.1 Å². The molecule has 17 nitrogen and oxygen atoms in total. The van der Waals surface area contributed by atoms with E-state index in [1.807, 2.05) is 37.7 Å². The number of amides is 3. The number of hydrogen-bond acceptors (Lipinski definition) is 13. The molecule has 7 heterocycles. The Morgan fingerprint density at radius 1 is 1.05 bits per heavy atom. The summed E-state index contributed by atoms with van der Waals surface area (Å²) in [6, 6.07) is 9.53. The number of carbonyl (C=O) groups is 3. The van der Waals surface area contributed by atoms with E-state index in [9.17, 15) is 19.2 Å². The second kappa shape index (κ2) is 16.8. The molecule has 0 aliphatic carbocycles. The maximum Gasteiger partial charge on any atom is 0.294 e. The van der Waals surface area contributed by atoms with Crippen molar-refractivity contribution in [2.24, 2.45) is 13.0 Å². The van der Waals surface area contributed by atoms with Crippen molar-refractivity contribution in [1.29, 1.82) is 0 Å². The first kappa shape index (κ1) is 40.6. The van der Waals surface area contributed by atoms with E-state index in [1.54, 1.807) is 6.07 Å². The quantitative estimate of drug-likeness (QED) is 0.164. The minimum atomic E-state index is -0.617. The Bertz CT molecular complexity index is 2510. The number of halogens is 1. The molecular formula is C42H51FN12O5. The van der Waals surface area contributed by atoms with E-state index in [0.29, 0.717) is 60.6 Å². The van der Waals surface area contributed by atoms with Crippen LogP contribution in [0.25, 0.3) is 21.9 Å². The number of hydrogen-bond donors (Lipinski definition) is 3. The third-order valence-corrected chi connectivity index (χ3v) is 11.9. The Balaban J connectivity index is 0.891. The Morgan fingerprint density at radius 2 is 1.85 bits per heavy atom. The van der Waals surface area contributed by atoms with Gasteiger partial charge in [0.15, 0.2) is 24.0 Å². The lowest BCUT2D eigenvalue weighted by molar-refractivity contribution is -0.134. The summed E-state index contributed by atoms with van der Waals surface area (Å²) in [6.45, 7) is 10.6.